The number of halogens is 1. The van der Waals surface area contributed by atoms with Crippen molar-refractivity contribution in [3.8, 4) is 0 Å². The van der Waals surface area contributed by atoms with Crippen molar-refractivity contribution in [2.45, 2.75) is 26.6 Å². The van der Waals surface area contributed by atoms with Gasteiger partial charge in [-0.3, -0.25) is 4.90 Å². The topological polar surface area (TPSA) is 28.4 Å². The van der Waals surface area contributed by atoms with Gasteiger partial charge in [-0.1, -0.05) is 12.1 Å². The quantitative estimate of drug-likeness (QED) is 0.879. The largest absolute Gasteiger partial charge is 0.469 e. The summed E-state index contributed by atoms with van der Waals surface area (Å²) >= 11 is 0. The van der Waals surface area contributed by atoms with Crippen LogP contribution in [0.25, 0.3) is 0 Å². The average Bonchev–Trinajstić information content (AvgIpc) is 2.79. The van der Waals surface area contributed by atoms with E-state index in [4.69, 9.17) is 4.42 Å². The van der Waals surface area contributed by atoms with Gasteiger partial charge in [0.05, 0.1) is 6.26 Å². The van der Waals surface area contributed by atoms with Crippen molar-refractivity contribution in [1.29, 1.82) is 0 Å². The molecule has 1 aromatic carbocycles. The van der Waals surface area contributed by atoms with Gasteiger partial charge >= 0.3 is 0 Å². The van der Waals surface area contributed by atoms with Gasteiger partial charge in [-0.25, -0.2) is 4.39 Å². The number of furan rings is 1. The number of nitrogens with zero attached hydrogens (tertiary/aromatic N) is 1. The van der Waals surface area contributed by atoms with Crippen molar-refractivity contribution in [2.75, 3.05) is 14.1 Å². The van der Waals surface area contributed by atoms with E-state index in [0.717, 1.165) is 35.5 Å². The molecule has 2 rings (SSSR count). The number of benzene rings is 1. The molecule has 108 valence electrons. The lowest BCUT2D eigenvalue weighted by atomic mass is 10.1. The van der Waals surface area contributed by atoms with Crippen LogP contribution in [0.2, 0.25) is 0 Å². The Hall–Kier alpha value is -1.65. The van der Waals surface area contributed by atoms with Gasteiger partial charge in [0.25, 0.3) is 0 Å². The Bertz CT molecular complexity index is 565. The minimum Gasteiger partial charge on any atom is -0.469 e. The molecule has 0 saturated carbocycles. The van der Waals surface area contributed by atoms with E-state index in [-0.39, 0.29) is 5.82 Å². The molecule has 2 aromatic rings. The van der Waals surface area contributed by atoms with Crippen LogP contribution in [0, 0.1) is 12.7 Å². The molecular formula is C16H21FN2O. The fourth-order valence-corrected chi connectivity index (χ4v) is 2.28. The normalized spacial score (nSPS) is 11.2. The van der Waals surface area contributed by atoms with Crippen LogP contribution in [0.3, 0.4) is 0 Å². The van der Waals surface area contributed by atoms with Crippen LogP contribution >= 0.6 is 0 Å². The third-order valence-electron chi connectivity index (χ3n) is 3.34. The van der Waals surface area contributed by atoms with E-state index < -0.39 is 0 Å². The SMILES string of the molecule is CNCc1ccc(F)c(CN(C)Cc2ccoc2C)c1. The maximum atomic E-state index is 13.9. The first-order chi connectivity index (χ1) is 9.60. The Morgan fingerprint density at radius 2 is 1.95 bits per heavy atom. The maximum Gasteiger partial charge on any atom is 0.127 e. The maximum absolute atomic E-state index is 13.9. The van der Waals surface area contributed by atoms with Crippen LogP contribution in [0.4, 0.5) is 4.39 Å². The first-order valence-corrected chi connectivity index (χ1v) is 6.73. The summed E-state index contributed by atoms with van der Waals surface area (Å²) in [6.45, 7) is 4.02. The molecule has 3 nitrogen and oxygen atoms in total. The Morgan fingerprint density at radius 1 is 1.20 bits per heavy atom. The highest BCUT2D eigenvalue weighted by Gasteiger charge is 2.09. The van der Waals surface area contributed by atoms with Crippen molar-refractivity contribution < 1.29 is 8.81 Å². The Balaban J connectivity index is 2.05. The molecule has 0 aliphatic heterocycles. The second-order valence-electron chi connectivity index (χ2n) is 5.13. The monoisotopic (exact) mass is 276 g/mol. The lowest BCUT2D eigenvalue weighted by Gasteiger charge is -2.17. The summed E-state index contributed by atoms with van der Waals surface area (Å²) < 4.78 is 19.1. The number of hydrogen-bond donors (Lipinski definition) is 1. The predicted octanol–water partition coefficient (Wildman–Crippen LogP) is 3.08. The highest BCUT2D eigenvalue weighted by Crippen LogP contribution is 2.16. The zero-order chi connectivity index (χ0) is 14.5. The van der Waals surface area contributed by atoms with Crippen LogP contribution in [-0.2, 0) is 19.6 Å². The second-order valence-corrected chi connectivity index (χ2v) is 5.13. The molecule has 0 aliphatic carbocycles. The van der Waals surface area contributed by atoms with E-state index in [0.29, 0.717) is 6.54 Å². The molecule has 0 aliphatic rings. The van der Waals surface area contributed by atoms with Gasteiger partial charge in [0.2, 0.25) is 0 Å². The van der Waals surface area contributed by atoms with E-state index in [1.807, 2.05) is 39.2 Å². The first-order valence-electron chi connectivity index (χ1n) is 6.73. The molecule has 0 spiro atoms. The van der Waals surface area contributed by atoms with Crippen molar-refractivity contribution in [2.24, 2.45) is 0 Å². The molecule has 0 radical (unpaired) electrons. The van der Waals surface area contributed by atoms with Crippen molar-refractivity contribution in [1.82, 2.24) is 10.2 Å². The lowest BCUT2D eigenvalue weighted by molar-refractivity contribution is 0.311. The third kappa shape index (κ3) is 3.68. The summed E-state index contributed by atoms with van der Waals surface area (Å²) in [4.78, 5) is 2.08. The minimum absolute atomic E-state index is 0.152. The third-order valence-corrected chi connectivity index (χ3v) is 3.34. The van der Waals surface area contributed by atoms with E-state index in [1.54, 1.807) is 12.3 Å². The van der Waals surface area contributed by atoms with Crippen molar-refractivity contribution in [3.05, 3.63) is 58.8 Å². The second kappa shape index (κ2) is 6.68. The molecule has 20 heavy (non-hydrogen) atoms. The number of nitrogens with one attached hydrogen (secondary N) is 1. The van der Waals surface area contributed by atoms with Gasteiger partial charge in [0.1, 0.15) is 11.6 Å². The van der Waals surface area contributed by atoms with E-state index in [1.165, 1.54) is 0 Å². The number of rotatable bonds is 6. The minimum atomic E-state index is -0.152. The van der Waals surface area contributed by atoms with Crippen LogP contribution in [0.5, 0.6) is 0 Å². The summed E-state index contributed by atoms with van der Waals surface area (Å²) in [5.74, 6) is 0.766. The molecule has 1 aromatic heterocycles. The Kier molecular flexibility index (Phi) is 4.93. The standard InChI is InChI=1S/C16H21FN2O/c1-12-14(6-7-20-12)10-19(3)11-15-8-13(9-18-2)4-5-16(15)17/h4-8,18H,9-11H2,1-3H3. The zero-order valence-electron chi connectivity index (χ0n) is 12.2. The highest BCUT2D eigenvalue weighted by molar-refractivity contribution is 5.25. The summed E-state index contributed by atoms with van der Waals surface area (Å²) in [5.41, 5.74) is 2.96. The van der Waals surface area contributed by atoms with Gasteiger partial charge in [-0.2, -0.15) is 0 Å². The molecule has 0 bridgehead atoms. The van der Waals surface area contributed by atoms with Crippen LogP contribution in [-0.4, -0.2) is 19.0 Å². The average molecular weight is 276 g/mol. The van der Waals surface area contributed by atoms with E-state index in [2.05, 4.69) is 10.2 Å². The van der Waals surface area contributed by atoms with E-state index in [9.17, 15) is 4.39 Å². The molecule has 0 unspecified atom stereocenters. The van der Waals surface area contributed by atoms with Gasteiger partial charge < -0.3 is 9.73 Å². The molecule has 1 heterocycles. The summed E-state index contributed by atoms with van der Waals surface area (Å²) in [7, 11) is 3.87. The number of aryl methyl sites for hydroxylation is 1. The molecule has 1 N–H and O–H groups in total. The van der Waals surface area contributed by atoms with Crippen LogP contribution in [0.15, 0.2) is 34.9 Å². The fourth-order valence-electron chi connectivity index (χ4n) is 2.28. The molecule has 0 amide bonds. The van der Waals surface area contributed by atoms with Gasteiger partial charge in [-0.05, 0) is 38.7 Å². The smallest absolute Gasteiger partial charge is 0.127 e. The summed E-state index contributed by atoms with van der Waals surface area (Å²) in [5, 5.41) is 3.08. The molecule has 0 saturated heterocycles. The Labute approximate surface area is 119 Å². The van der Waals surface area contributed by atoms with Gasteiger partial charge in [-0.15, -0.1) is 0 Å². The van der Waals surface area contributed by atoms with Crippen molar-refractivity contribution >= 4 is 0 Å². The molecule has 0 fully saturated rings. The first kappa shape index (κ1) is 14.8. The van der Waals surface area contributed by atoms with E-state index >= 15 is 0 Å². The molecule has 4 heteroatoms. The zero-order valence-corrected chi connectivity index (χ0v) is 12.2. The lowest BCUT2D eigenvalue weighted by Crippen LogP contribution is -2.18. The highest BCUT2D eigenvalue weighted by atomic mass is 19.1. The van der Waals surface area contributed by atoms with Gasteiger partial charge in [0, 0.05) is 30.8 Å². The fraction of sp³-hybridized carbons (Fsp3) is 0.375. The summed E-state index contributed by atoms with van der Waals surface area (Å²) in [6.07, 6.45) is 1.69. The summed E-state index contributed by atoms with van der Waals surface area (Å²) in [6, 6.07) is 7.23. The number of hydrogen-bond acceptors (Lipinski definition) is 3. The Morgan fingerprint density at radius 3 is 2.60 bits per heavy atom. The molecular weight excluding hydrogens is 255 g/mol. The van der Waals surface area contributed by atoms with Crippen LogP contribution < -0.4 is 5.32 Å². The van der Waals surface area contributed by atoms with Crippen LogP contribution in [0.1, 0.15) is 22.5 Å². The predicted molar refractivity (Wildman–Crippen MR) is 77.8 cm³/mol. The van der Waals surface area contributed by atoms with Crippen molar-refractivity contribution in [3.63, 3.8) is 0 Å². The van der Waals surface area contributed by atoms with Gasteiger partial charge in [0.15, 0.2) is 0 Å². The molecule has 0 atom stereocenters.